The summed E-state index contributed by atoms with van der Waals surface area (Å²) in [6, 6.07) is 5.66. The van der Waals surface area contributed by atoms with Crippen molar-refractivity contribution in [3.63, 3.8) is 0 Å². The summed E-state index contributed by atoms with van der Waals surface area (Å²) in [4.78, 5) is 16.6. The molecule has 3 heterocycles. The van der Waals surface area contributed by atoms with Crippen molar-refractivity contribution in [2.75, 3.05) is 6.54 Å². The van der Waals surface area contributed by atoms with Gasteiger partial charge in [-0.3, -0.25) is 4.79 Å². The molecule has 0 atom stereocenters. The molecule has 2 aromatic heterocycles. The summed E-state index contributed by atoms with van der Waals surface area (Å²) in [5.74, 6) is 3.31. The number of nitrogens with zero attached hydrogens (tertiary/aromatic N) is 5. The van der Waals surface area contributed by atoms with Gasteiger partial charge in [-0.25, -0.2) is 9.67 Å². The van der Waals surface area contributed by atoms with E-state index in [2.05, 4.69) is 31.5 Å². The molecule has 1 aliphatic rings. The fraction of sp³-hybridized carbons (Fsp3) is 0.421. The second-order valence-corrected chi connectivity index (χ2v) is 6.41. The predicted molar refractivity (Wildman–Crippen MR) is 97.8 cm³/mol. The topological polar surface area (TPSA) is 84.5 Å². The molecule has 7 heteroatoms. The molecule has 7 nitrogen and oxygen atoms in total. The van der Waals surface area contributed by atoms with Crippen molar-refractivity contribution < 1.29 is 4.79 Å². The van der Waals surface area contributed by atoms with E-state index < -0.39 is 0 Å². The normalized spacial score (nSPS) is 14.0. The molecule has 1 amide bonds. The minimum absolute atomic E-state index is 0.0375. The van der Waals surface area contributed by atoms with Gasteiger partial charge in [-0.2, -0.15) is 15.3 Å². The van der Waals surface area contributed by atoms with Gasteiger partial charge >= 0.3 is 0 Å². The van der Waals surface area contributed by atoms with E-state index in [1.165, 1.54) is 0 Å². The van der Waals surface area contributed by atoms with Crippen molar-refractivity contribution in [1.82, 2.24) is 20.1 Å². The molecular weight excluding hydrogens is 328 g/mol. The van der Waals surface area contributed by atoms with E-state index in [1.807, 2.05) is 32.0 Å². The summed E-state index contributed by atoms with van der Waals surface area (Å²) in [5, 5.41) is 15.6. The number of hydrogen-bond donors (Lipinski definition) is 1. The van der Waals surface area contributed by atoms with Gasteiger partial charge in [-0.1, -0.05) is 6.07 Å². The SMILES string of the molecule is C#CCCC1(CCNC(=O)Cc2c(C)nn(-c3ccccn3)c2C)N=N1. The maximum absolute atomic E-state index is 12.3. The molecule has 0 aromatic carbocycles. The second kappa shape index (κ2) is 7.48. The Morgan fingerprint density at radius 2 is 2.12 bits per heavy atom. The number of terminal acetylenes is 1. The Morgan fingerprint density at radius 3 is 2.77 bits per heavy atom. The first-order chi connectivity index (χ1) is 12.5. The Bertz CT molecular complexity index is 856. The standard InChI is InChI=1S/C19H22N6O/c1-4-5-9-19(23-24-19)10-12-21-18(26)13-16-14(2)22-25(15(16)3)17-8-6-7-11-20-17/h1,6-8,11H,5,9-10,12-13H2,2-3H3,(H,21,26). The fourth-order valence-electron chi connectivity index (χ4n) is 2.93. The molecule has 0 saturated heterocycles. The minimum Gasteiger partial charge on any atom is -0.356 e. The molecule has 0 fully saturated rings. The second-order valence-electron chi connectivity index (χ2n) is 6.41. The van der Waals surface area contributed by atoms with Gasteiger partial charge in [0.1, 0.15) is 0 Å². The fourth-order valence-corrected chi connectivity index (χ4v) is 2.93. The number of carbonyl (C=O) groups is 1. The van der Waals surface area contributed by atoms with Crippen LogP contribution < -0.4 is 5.32 Å². The summed E-state index contributed by atoms with van der Waals surface area (Å²) in [5.41, 5.74) is 2.32. The van der Waals surface area contributed by atoms with Crippen LogP contribution in [0.5, 0.6) is 0 Å². The number of nitrogens with one attached hydrogen (secondary N) is 1. The number of hydrogen-bond acceptors (Lipinski definition) is 5. The molecular formula is C19H22N6O. The Kier molecular flexibility index (Phi) is 5.12. The molecule has 3 rings (SSSR count). The number of aryl methyl sites for hydroxylation is 1. The quantitative estimate of drug-likeness (QED) is 0.742. The van der Waals surface area contributed by atoms with E-state index in [9.17, 15) is 4.79 Å². The van der Waals surface area contributed by atoms with Crippen LogP contribution in [-0.2, 0) is 11.2 Å². The van der Waals surface area contributed by atoms with Gasteiger partial charge in [-0.05, 0) is 26.0 Å². The third-order valence-corrected chi connectivity index (χ3v) is 4.54. The number of amides is 1. The third kappa shape index (κ3) is 3.97. The van der Waals surface area contributed by atoms with Crippen molar-refractivity contribution in [3.05, 3.63) is 41.3 Å². The molecule has 26 heavy (non-hydrogen) atoms. The summed E-state index contributed by atoms with van der Waals surface area (Å²) < 4.78 is 1.77. The van der Waals surface area contributed by atoms with Crippen LogP contribution in [0.2, 0.25) is 0 Å². The summed E-state index contributed by atoms with van der Waals surface area (Å²) in [7, 11) is 0. The maximum Gasteiger partial charge on any atom is 0.224 e. The molecule has 1 N–H and O–H groups in total. The van der Waals surface area contributed by atoms with Gasteiger partial charge < -0.3 is 5.32 Å². The highest BCUT2D eigenvalue weighted by Gasteiger charge is 2.38. The average molecular weight is 350 g/mol. The van der Waals surface area contributed by atoms with Gasteiger partial charge in [0.25, 0.3) is 0 Å². The molecule has 2 aromatic rings. The highest BCUT2D eigenvalue weighted by atomic mass is 16.1. The summed E-state index contributed by atoms with van der Waals surface area (Å²) in [6.45, 7) is 4.39. The van der Waals surface area contributed by atoms with E-state index in [0.717, 1.165) is 29.2 Å². The molecule has 134 valence electrons. The van der Waals surface area contributed by atoms with Gasteiger partial charge in [0.05, 0.1) is 12.1 Å². The van der Waals surface area contributed by atoms with E-state index in [1.54, 1.807) is 10.9 Å². The minimum atomic E-state index is -0.366. The molecule has 0 unspecified atom stereocenters. The van der Waals surface area contributed by atoms with Crippen molar-refractivity contribution in [2.45, 2.75) is 45.2 Å². The van der Waals surface area contributed by atoms with Gasteiger partial charge in [0.2, 0.25) is 5.91 Å². The first-order valence-corrected chi connectivity index (χ1v) is 8.65. The van der Waals surface area contributed by atoms with Crippen molar-refractivity contribution in [2.24, 2.45) is 10.2 Å². The van der Waals surface area contributed by atoms with Gasteiger partial charge in [0, 0.05) is 43.3 Å². The van der Waals surface area contributed by atoms with E-state index in [4.69, 9.17) is 6.42 Å². The van der Waals surface area contributed by atoms with Gasteiger partial charge in [0.15, 0.2) is 11.5 Å². The zero-order chi connectivity index (χ0) is 18.6. The van der Waals surface area contributed by atoms with E-state index in [-0.39, 0.29) is 18.0 Å². The Morgan fingerprint density at radius 1 is 1.31 bits per heavy atom. The highest BCUT2D eigenvalue weighted by molar-refractivity contribution is 5.79. The Balaban J connectivity index is 1.57. The largest absolute Gasteiger partial charge is 0.356 e. The first-order valence-electron chi connectivity index (χ1n) is 8.65. The number of carbonyl (C=O) groups excluding carboxylic acids is 1. The lowest BCUT2D eigenvalue weighted by Gasteiger charge is -2.10. The monoisotopic (exact) mass is 350 g/mol. The molecule has 0 spiro atoms. The number of pyridine rings is 1. The Hall–Kier alpha value is -3.01. The summed E-state index contributed by atoms with van der Waals surface area (Å²) in [6.07, 6.45) is 9.37. The molecule has 0 saturated carbocycles. The predicted octanol–water partition coefficient (Wildman–Crippen LogP) is 2.51. The first kappa shape index (κ1) is 17.8. The lowest BCUT2D eigenvalue weighted by atomic mass is 10.0. The van der Waals surface area contributed by atoms with Gasteiger partial charge in [-0.15, -0.1) is 12.3 Å². The number of rotatable bonds is 8. The van der Waals surface area contributed by atoms with Crippen LogP contribution >= 0.6 is 0 Å². The molecule has 0 aliphatic carbocycles. The van der Waals surface area contributed by atoms with Crippen molar-refractivity contribution >= 4 is 5.91 Å². The van der Waals surface area contributed by atoms with Crippen molar-refractivity contribution in [1.29, 1.82) is 0 Å². The van der Waals surface area contributed by atoms with E-state index in [0.29, 0.717) is 19.4 Å². The molecule has 1 aliphatic heterocycles. The molecule has 0 radical (unpaired) electrons. The third-order valence-electron chi connectivity index (χ3n) is 4.54. The lowest BCUT2D eigenvalue weighted by Crippen LogP contribution is -2.29. The van der Waals surface area contributed by atoms with Crippen molar-refractivity contribution in [3.8, 4) is 18.2 Å². The summed E-state index contributed by atoms with van der Waals surface area (Å²) >= 11 is 0. The van der Waals surface area contributed by atoms with Crippen LogP contribution in [0.4, 0.5) is 0 Å². The zero-order valence-corrected chi connectivity index (χ0v) is 15.1. The average Bonchev–Trinajstić information content (AvgIpc) is 3.36. The van der Waals surface area contributed by atoms with Crippen LogP contribution in [0.3, 0.4) is 0 Å². The highest BCUT2D eigenvalue weighted by Crippen LogP contribution is 2.36. The van der Waals surface area contributed by atoms with E-state index >= 15 is 0 Å². The van der Waals surface area contributed by atoms with Crippen LogP contribution in [0.15, 0.2) is 34.6 Å². The Labute approximate surface area is 152 Å². The zero-order valence-electron chi connectivity index (χ0n) is 15.1. The van der Waals surface area contributed by atoms with Crippen LogP contribution in [0.25, 0.3) is 5.82 Å². The lowest BCUT2D eigenvalue weighted by molar-refractivity contribution is -0.120. The van der Waals surface area contributed by atoms with Crippen LogP contribution in [-0.4, -0.2) is 32.9 Å². The maximum atomic E-state index is 12.3. The van der Waals surface area contributed by atoms with Crippen LogP contribution in [0.1, 0.15) is 36.2 Å². The number of aromatic nitrogens is 3. The smallest absolute Gasteiger partial charge is 0.224 e. The molecule has 0 bridgehead atoms. The van der Waals surface area contributed by atoms with Crippen LogP contribution in [0, 0.1) is 26.2 Å².